The van der Waals surface area contributed by atoms with Crippen LogP contribution in [0.3, 0.4) is 0 Å². The Morgan fingerprint density at radius 2 is 1.59 bits per heavy atom. The molecule has 3 rings (SSSR count). The number of aromatic nitrogens is 2. The molecule has 0 radical (unpaired) electrons. The van der Waals surface area contributed by atoms with Gasteiger partial charge in [0, 0.05) is 34.8 Å². The van der Waals surface area contributed by atoms with Crippen LogP contribution < -0.4 is 9.47 Å². The molecule has 0 saturated carbocycles. The molecule has 0 fully saturated rings. The Balaban J connectivity index is 2.20. The molecule has 0 aliphatic carbocycles. The maximum absolute atomic E-state index is 6.39. The van der Waals surface area contributed by atoms with Crippen LogP contribution >= 0.6 is 23.2 Å². The Hall–Kier alpha value is -2.04. The lowest BCUT2D eigenvalue weighted by atomic mass is 10.1. The van der Waals surface area contributed by atoms with Gasteiger partial charge in [0.05, 0.1) is 24.9 Å². The van der Waals surface area contributed by atoms with E-state index >= 15 is 0 Å². The standard InChI is InChI=1S/C16H12Cl2N2O2/c1-21-11-5-12(16(18)14(6-11)22-2)13-3-9-8-20-15(17)4-10(9)7-19-13/h3-8H,1-2H3. The van der Waals surface area contributed by atoms with Gasteiger partial charge in [0.25, 0.3) is 0 Å². The van der Waals surface area contributed by atoms with E-state index < -0.39 is 0 Å². The van der Waals surface area contributed by atoms with Crippen LogP contribution in [-0.2, 0) is 0 Å². The third kappa shape index (κ3) is 2.67. The van der Waals surface area contributed by atoms with E-state index in [-0.39, 0.29) is 0 Å². The highest BCUT2D eigenvalue weighted by Crippen LogP contribution is 2.38. The molecule has 2 aromatic heterocycles. The predicted octanol–water partition coefficient (Wildman–Crippen LogP) is 4.62. The molecule has 0 bridgehead atoms. The van der Waals surface area contributed by atoms with Crippen LogP contribution in [0.2, 0.25) is 10.2 Å². The number of hydrogen-bond donors (Lipinski definition) is 0. The summed E-state index contributed by atoms with van der Waals surface area (Å²) >= 11 is 12.3. The van der Waals surface area contributed by atoms with Gasteiger partial charge in [-0.15, -0.1) is 0 Å². The number of pyridine rings is 2. The van der Waals surface area contributed by atoms with Crippen molar-refractivity contribution in [3.8, 4) is 22.8 Å². The molecule has 6 heteroatoms. The third-order valence-electron chi connectivity index (χ3n) is 3.31. The Labute approximate surface area is 137 Å². The molecule has 0 amide bonds. The van der Waals surface area contributed by atoms with E-state index in [0.29, 0.717) is 27.4 Å². The maximum Gasteiger partial charge on any atom is 0.141 e. The number of fused-ring (bicyclic) bond motifs is 1. The molecule has 0 N–H and O–H groups in total. The van der Waals surface area contributed by atoms with Crippen molar-refractivity contribution in [2.45, 2.75) is 0 Å². The molecule has 0 saturated heterocycles. The zero-order valence-electron chi connectivity index (χ0n) is 11.9. The lowest BCUT2D eigenvalue weighted by Crippen LogP contribution is -1.92. The van der Waals surface area contributed by atoms with Crippen molar-refractivity contribution in [2.75, 3.05) is 14.2 Å². The molecule has 0 aliphatic rings. The second-order valence-corrected chi connectivity index (χ2v) is 5.38. The van der Waals surface area contributed by atoms with Gasteiger partial charge < -0.3 is 9.47 Å². The van der Waals surface area contributed by atoms with Crippen LogP contribution in [0.1, 0.15) is 0 Å². The summed E-state index contributed by atoms with van der Waals surface area (Å²) in [7, 11) is 3.15. The highest BCUT2D eigenvalue weighted by Gasteiger charge is 2.13. The number of benzene rings is 1. The van der Waals surface area contributed by atoms with Crippen LogP contribution in [0, 0.1) is 0 Å². The zero-order valence-corrected chi connectivity index (χ0v) is 13.4. The summed E-state index contributed by atoms with van der Waals surface area (Å²) in [5.74, 6) is 1.18. The van der Waals surface area contributed by atoms with Crippen molar-refractivity contribution in [3.05, 3.63) is 46.8 Å². The van der Waals surface area contributed by atoms with Crippen molar-refractivity contribution in [3.63, 3.8) is 0 Å². The molecular weight excluding hydrogens is 323 g/mol. The summed E-state index contributed by atoms with van der Waals surface area (Å²) in [6, 6.07) is 7.22. The Kier molecular flexibility index (Phi) is 4.05. The first-order valence-electron chi connectivity index (χ1n) is 6.45. The molecule has 22 heavy (non-hydrogen) atoms. The Morgan fingerprint density at radius 1 is 0.864 bits per heavy atom. The van der Waals surface area contributed by atoms with Crippen molar-refractivity contribution in [2.24, 2.45) is 0 Å². The molecule has 3 aromatic rings. The SMILES string of the molecule is COc1cc(OC)c(Cl)c(-c2cc3cnc(Cl)cc3cn2)c1. The van der Waals surface area contributed by atoms with Crippen molar-refractivity contribution in [1.29, 1.82) is 0 Å². The van der Waals surface area contributed by atoms with E-state index in [9.17, 15) is 0 Å². The van der Waals surface area contributed by atoms with Crippen LogP contribution in [0.15, 0.2) is 36.7 Å². The number of rotatable bonds is 3. The summed E-state index contributed by atoms with van der Waals surface area (Å²) in [4.78, 5) is 8.54. The molecule has 1 aromatic carbocycles. The van der Waals surface area contributed by atoms with Crippen LogP contribution in [0.5, 0.6) is 11.5 Å². The topological polar surface area (TPSA) is 44.2 Å². The quantitative estimate of drug-likeness (QED) is 0.655. The predicted molar refractivity (Wildman–Crippen MR) is 88.1 cm³/mol. The van der Waals surface area contributed by atoms with Crippen LogP contribution in [0.4, 0.5) is 0 Å². The number of ether oxygens (including phenoxy) is 2. The monoisotopic (exact) mass is 334 g/mol. The summed E-state index contributed by atoms with van der Waals surface area (Å²) in [6.45, 7) is 0. The number of nitrogens with zero attached hydrogens (tertiary/aromatic N) is 2. The van der Waals surface area contributed by atoms with Gasteiger partial charge in [-0.3, -0.25) is 4.98 Å². The highest BCUT2D eigenvalue weighted by molar-refractivity contribution is 6.35. The van der Waals surface area contributed by atoms with Gasteiger partial charge in [0.1, 0.15) is 16.7 Å². The van der Waals surface area contributed by atoms with Crippen molar-refractivity contribution < 1.29 is 9.47 Å². The molecule has 4 nitrogen and oxygen atoms in total. The number of hydrogen-bond acceptors (Lipinski definition) is 4. The lowest BCUT2D eigenvalue weighted by Gasteiger charge is -2.11. The summed E-state index contributed by atoms with van der Waals surface area (Å²) < 4.78 is 10.6. The van der Waals surface area contributed by atoms with E-state index in [4.69, 9.17) is 32.7 Å². The second-order valence-electron chi connectivity index (χ2n) is 4.61. The van der Waals surface area contributed by atoms with Gasteiger partial charge >= 0.3 is 0 Å². The van der Waals surface area contributed by atoms with Gasteiger partial charge in [-0.2, -0.15) is 0 Å². The molecular formula is C16H12Cl2N2O2. The van der Waals surface area contributed by atoms with E-state index in [0.717, 1.165) is 16.3 Å². The van der Waals surface area contributed by atoms with Gasteiger partial charge in [0.15, 0.2) is 0 Å². The van der Waals surface area contributed by atoms with Crippen LogP contribution in [-0.4, -0.2) is 24.2 Å². The molecule has 0 unspecified atom stereocenters. The summed E-state index contributed by atoms with van der Waals surface area (Å²) in [5, 5.41) is 2.75. The van der Waals surface area contributed by atoms with Gasteiger partial charge in [-0.25, -0.2) is 4.98 Å². The van der Waals surface area contributed by atoms with Gasteiger partial charge in [-0.05, 0) is 18.2 Å². The van der Waals surface area contributed by atoms with Crippen molar-refractivity contribution in [1.82, 2.24) is 9.97 Å². The van der Waals surface area contributed by atoms with E-state index in [1.807, 2.05) is 12.1 Å². The fourth-order valence-corrected chi connectivity index (χ4v) is 2.63. The lowest BCUT2D eigenvalue weighted by molar-refractivity contribution is 0.395. The third-order valence-corrected chi connectivity index (χ3v) is 3.91. The minimum Gasteiger partial charge on any atom is -0.497 e. The summed E-state index contributed by atoms with van der Waals surface area (Å²) in [5.41, 5.74) is 1.44. The first-order valence-corrected chi connectivity index (χ1v) is 7.21. The molecule has 0 aliphatic heterocycles. The number of methoxy groups -OCH3 is 2. The van der Waals surface area contributed by atoms with Crippen LogP contribution in [0.25, 0.3) is 22.0 Å². The highest BCUT2D eigenvalue weighted by atomic mass is 35.5. The zero-order chi connectivity index (χ0) is 15.7. The Morgan fingerprint density at radius 3 is 2.32 bits per heavy atom. The Bertz CT molecular complexity index is 853. The fraction of sp³-hybridized carbons (Fsp3) is 0.125. The van der Waals surface area contributed by atoms with E-state index in [1.54, 1.807) is 38.7 Å². The average Bonchev–Trinajstić information content (AvgIpc) is 2.54. The molecule has 0 atom stereocenters. The second kappa shape index (κ2) is 5.99. The molecule has 0 spiro atoms. The summed E-state index contributed by atoms with van der Waals surface area (Å²) in [6.07, 6.45) is 3.44. The minimum absolute atomic E-state index is 0.433. The first-order chi connectivity index (χ1) is 10.6. The molecule has 2 heterocycles. The minimum atomic E-state index is 0.433. The normalized spacial score (nSPS) is 10.7. The largest absolute Gasteiger partial charge is 0.497 e. The molecule has 112 valence electrons. The number of halogens is 2. The maximum atomic E-state index is 6.39. The first kappa shape index (κ1) is 14.9. The van der Waals surface area contributed by atoms with Gasteiger partial charge in [0.2, 0.25) is 0 Å². The van der Waals surface area contributed by atoms with E-state index in [2.05, 4.69) is 9.97 Å². The van der Waals surface area contributed by atoms with Gasteiger partial charge in [-0.1, -0.05) is 23.2 Å². The van der Waals surface area contributed by atoms with E-state index in [1.165, 1.54) is 0 Å². The smallest absolute Gasteiger partial charge is 0.141 e. The van der Waals surface area contributed by atoms with Crippen molar-refractivity contribution >= 4 is 34.0 Å². The average molecular weight is 335 g/mol. The fourth-order valence-electron chi connectivity index (χ4n) is 2.18.